The van der Waals surface area contributed by atoms with E-state index in [0.717, 1.165) is 10.0 Å². The van der Waals surface area contributed by atoms with Crippen molar-refractivity contribution in [2.75, 3.05) is 0 Å². The number of amides is 1. The van der Waals surface area contributed by atoms with Crippen molar-refractivity contribution in [2.45, 2.75) is 6.54 Å². The number of benzene rings is 1. The van der Waals surface area contributed by atoms with Gasteiger partial charge in [0.15, 0.2) is 0 Å². The third-order valence-electron chi connectivity index (χ3n) is 1.53. The van der Waals surface area contributed by atoms with Crippen molar-refractivity contribution in [3.8, 4) is 10.8 Å². The average molecular weight is 317 g/mol. The fraction of sp³-hybridized carbons (Fsp3) is 0.100. The number of carbonyl (C=O) groups is 1. The molecule has 4 heteroatoms. The Bertz CT molecular complexity index is 375. The predicted molar refractivity (Wildman–Crippen MR) is 62.7 cm³/mol. The standard InChI is InChI=1S/C10H7Br2NO/c11-6-5-10(14)13-7-8-1-3-9(12)4-2-8/h1-4H,7H2,(H,13,14). The van der Waals surface area contributed by atoms with Crippen molar-refractivity contribution < 1.29 is 4.79 Å². The largest absolute Gasteiger partial charge is 0.341 e. The van der Waals surface area contributed by atoms with E-state index in [2.05, 4.69) is 47.9 Å². The third kappa shape index (κ3) is 3.95. The van der Waals surface area contributed by atoms with Crippen LogP contribution in [-0.4, -0.2) is 5.91 Å². The Balaban J connectivity index is 2.48. The number of hydrogen-bond acceptors (Lipinski definition) is 1. The highest BCUT2D eigenvalue weighted by atomic mass is 79.9. The van der Waals surface area contributed by atoms with Crippen LogP contribution in [0.2, 0.25) is 0 Å². The first kappa shape index (κ1) is 11.3. The zero-order valence-electron chi connectivity index (χ0n) is 7.18. The van der Waals surface area contributed by atoms with E-state index in [1.807, 2.05) is 24.3 Å². The first-order valence-corrected chi connectivity index (χ1v) is 5.45. The summed E-state index contributed by atoms with van der Waals surface area (Å²) in [6, 6.07) is 7.73. The maximum Gasteiger partial charge on any atom is 0.297 e. The van der Waals surface area contributed by atoms with Gasteiger partial charge in [-0.3, -0.25) is 4.79 Å². The van der Waals surface area contributed by atoms with Crippen molar-refractivity contribution in [2.24, 2.45) is 0 Å². The van der Waals surface area contributed by atoms with Gasteiger partial charge < -0.3 is 5.32 Å². The predicted octanol–water partition coefficient (Wildman–Crippen LogP) is 2.42. The van der Waals surface area contributed by atoms with Crippen LogP contribution in [0.5, 0.6) is 0 Å². The van der Waals surface area contributed by atoms with Crippen LogP contribution in [0.3, 0.4) is 0 Å². The van der Waals surface area contributed by atoms with Crippen molar-refractivity contribution in [1.29, 1.82) is 0 Å². The van der Waals surface area contributed by atoms with E-state index in [1.165, 1.54) is 0 Å². The summed E-state index contributed by atoms with van der Waals surface area (Å²) in [6.45, 7) is 0.494. The molecule has 0 bridgehead atoms. The minimum atomic E-state index is -0.287. The Morgan fingerprint density at radius 1 is 1.36 bits per heavy atom. The second kappa shape index (κ2) is 5.84. The molecule has 0 saturated heterocycles. The molecule has 1 N–H and O–H groups in total. The Morgan fingerprint density at radius 3 is 2.57 bits per heavy atom. The minimum Gasteiger partial charge on any atom is -0.341 e. The van der Waals surface area contributed by atoms with E-state index in [9.17, 15) is 4.79 Å². The summed E-state index contributed by atoms with van der Waals surface area (Å²) in [6.07, 6.45) is 0. The highest BCUT2D eigenvalue weighted by Gasteiger charge is 1.96. The molecule has 0 unspecified atom stereocenters. The fourth-order valence-corrected chi connectivity index (χ4v) is 1.32. The maximum atomic E-state index is 11.0. The van der Waals surface area contributed by atoms with Gasteiger partial charge in [-0.2, -0.15) is 0 Å². The number of hydrogen-bond donors (Lipinski definition) is 1. The lowest BCUT2D eigenvalue weighted by atomic mass is 10.2. The van der Waals surface area contributed by atoms with Crippen LogP contribution in [0.1, 0.15) is 5.56 Å². The molecule has 1 aromatic rings. The average Bonchev–Trinajstić information content (AvgIpc) is 2.17. The highest BCUT2D eigenvalue weighted by molar-refractivity contribution is 9.12. The van der Waals surface area contributed by atoms with E-state index in [0.29, 0.717) is 6.54 Å². The van der Waals surface area contributed by atoms with Gasteiger partial charge in [0.1, 0.15) is 0 Å². The highest BCUT2D eigenvalue weighted by Crippen LogP contribution is 2.09. The lowest BCUT2D eigenvalue weighted by molar-refractivity contribution is -0.115. The molecule has 0 atom stereocenters. The fourth-order valence-electron chi connectivity index (χ4n) is 0.872. The molecule has 0 aliphatic heterocycles. The van der Waals surface area contributed by atoms with Crippen LogP contribution in [0, 0.1) is 10.8 Å². The van der Waals surface area contributed by atoms with Gasteiger partial charge in [-0.1, -0.05) is 28.1 Å². The lowest BCUT2D eigenvalue weighted by Crippen LogP contribution is -2.20. The van der Waals surface area contributed by atoms with Crippen molar-refractivity contribution in [3.63, 3.8) is 0 Å². The van der Waals surface area contributed by atoms with E-state index in [-0.39, 0.29) is 5.91 Å². The Kier molecular flexibility index (Phi) is 4.71. The van der Waals surface area contributed by atoms with Crippen molar-refractivity contribution >= 4 is 37.8 Å². The number of halogens is 2. The Morgan fingerprint density at radius 2 is 2.00 bits per heavy atom. The maximum absolute atomic E-state index is 11.0. The molecule has 0 aliphatic carbocycles. The first-order chi connectivity index (χ1) is 6.72. The van der Waals surface area contributed by atoms with Crippen LogP contribution in [0.15, 0.2) is 28.7 Å². The van der Waals surface area contributed by atoms with Gasteiger partial charge in [0, 0.05) is 32.9 Å². The normalized spacial score (nSPS) is 8.71. The molecule has 0 radical (unpaired) electrons. The van der Waals surface area contributed by atoms with Crippen LogP contribution in [0.4, 0.5) is 0 Å². The quantitative estimate of drug-likeness (QED) is 0.834. The molecule has 0 heterocycles. The van der Waals surface area contributed by atoms with E-state index in [4.69, 9.17) is 0 Å². The third-order valence-corrected chi connectivity index (χ3v) is 2.25. The molecule has 2 nitrogen and oxygen atoms in total. The van der Waals surface area contributed by atoms with Crippen LogP contribution in [-0.2, 0) is 11.3 Å². The van der Waals surface area contributed by atoms with Crippen molar-refractivity contribution in [1.82, 2.24) is 5.32 Å². The Hall–Kier alpha value is -0.790. The lowest BCUT2D eigenvalue weighted by Gasteiger charge is -2.00. The summed E-state index contributed by atoms with van der Waals surface area (Å²) in [4.78, 5) is 13.3. The molecular formula is C10H7Br2NO. The molecule has 0 aliphatic rings. The topological polar surface area (TPSA) is 29.1 Å². The van der Waals surface area contributed by atoms with Crippen LogP contribution in [0.25, 0.3) is 0 Å². The van der Waals surface area contributed by atoms with E-state index >= 15 is 0 Å². The van der Waals surface area contributed by atoms with Crippen LogP contribution < -0.4 is 5.32 Å². The van der Waals surface area contributed by atoms with Gasteiger partial charge in [-0.15, -0.1) is 0 Å². The van der Waals surface area contributed by atoms with E-state index < -0.39 is 0 Å². The molecule has 72 valence electrons. The summed E-state index contributed by atoms with van der Waals surface area (Å²) >= 11 is 6.19. The molecule has 1 rings (SSSR count). The summed E-state index contributed by atoms with van der Waals surface area (Å²) in [5.41, 5.74) is 1.04. The molecule has 0 aromatic heterocycles. The molecule has 0 saturated carbocycles. The van der Waals surface area contributed by atoms with Gasteiger partial charge >= 0.3 is 0 Å². The second-order valence-electron chi connectivity index (χ2n) is 2.53. The van der Waals surface area contributed by atoms with Crippen molar-refractivity contribution in [3.05, 3.63) is 34.3 Å². The number of rotatable bonds is 2. The number of nitrogens with one attached hydrogen (secondary N) is 1. The molecule has 1 aromatic carbocycles. The Labute approximate surface area is 99.3 Å². The van der Waals surface area contributed by atoms with Gasteiger partial charge in [-0.25, -0.2) is 0 Å². The van der Waals surface area contributed by atoms with Gasteiger partial charge in [0.2, 0.25) is 0 Å². The second-order valence-corrected chi connectivity index (χ2v) is 3.84. The number of carbonyl (C=O) groups excluding carboxylic acids is 1. The minimum absolute atomic E-state index is 0.287. The zero-order valence-corrected chi connectivity index (χ0v) is 10.4. The van der Waals surface area contributed by atoms with Gasteiger partial charge in [0.25, 0.3) is 5.91 Å². The summed E-state index contributed by atoms with van der Waals surface area (Å²) in [7, 11) is 0. The summed E-state index contributed by atoms with van der Waals surface area (Å²) in [5.74, 6) is 2.05. The molecule has 14 heavy (non-hydrogen) atoms. The SMILES string of the molecule is O=C(C#CBr)NCc1ccc(Br)cc1. The summed E-state index contributed by atoms with van der Waals surface area (Å²) in [5, 5.41) is 2.66. The first-order valence-electron chi connectivity index (χ1n) is 3.86. The summed E-state index contributed by atoms with van der Waals surface area (Å²) < 4.78 is 1.02. The molecule has 0 fully saturated rings. The monoisotopic (exact) mass is 315 g/mol. The zero-order chi connectivity index (χ0) is 10.4. The van der Waals surface area contributed by atoms with Gasteiger partial charge in [0.05, 0.1) is 0 Å². The molecule has 1 amide bonds. The van der Waals surface area contributed by atoms with Crippen LogP contribution >= 0.6 is 31.9 Å². The smallest absolute Gasteiger partial charge is 0.297 e. The van der Waals surface area contributed by atoms with E-state index in [1.54, 1.807) is 0 Å². The molecular weight excluding hydrogens is 310 g/mol. The molecule has 0 spiro atoms. The van der Waals surface area contributed by atoms with Gasteiger partial charge in [-0.05, 0) is 22.5 Å².